The lowest BCUT2D eigenvalue weighted by Gasteiger charge is -2.27. The van der Waals surface area contributed by atoms with Crippen molar-refractivity contribution in [2.75, 3.05) is 26.2 Å². The monoisotopic (exact) mass is 309 g/mol. The minimum Gasteiger partial charge on any atom is -0.358 e. The fourth-order valence-corrected chi connectivity index (χ4v) is 6.82. The molecule has 0 aromatic carbocycles. The van der Waals surface area contributed by atoms with Crippen molar-refractivity contribution < 1.29 is 4.58 Å². The Morgan fingerprint density at radius 2 is 1.76 bits per heavy atom. The topological polar surface area (TPSA) is 6.25 Å². The molecule has 0 N–H and O–H groups in total. The summed E-state index contributed by atoms with van der Waals surface area (Å²) in [5, 5.41) is 0. The van der Waals surface area contributed by atoms with Crippen LogP contribution in [0.4, 0.5) is 0 Å². The van der Waals surface area contributed by atoms with E-state index in [1.165, 1.54) is 4.38 Å². The first-order valence-electron chi connectivity index (χ1n) is 6.06. The van der Waals surface area contributed by atoms with Crippen LogP contribution in [0, 0.1) is 0 Å². The van der Waals surface area contributed by atoms with Crippen molar-refractivity contribution in [3.8, 4) is 0 Å². The maximum absolute atomic E-state index is 5.45. The minimum absolute atomic E-state index is 0.554. The number of rotatable bonds is 5. The van der Waals surface area contributed by atoms with Gasteiger partial charge in [-0.05, 0) is 51.2 Å². The molecule has 0 radical (unpaired) electrons. The summed E-state index contributed by atoms with van der Waals surface area (Å²) in [6.07, 6.45) is 0. The molecule has 0 atom stereocenters. The van der Waals surface area contributed by atoms with E-state index >= 15 is 0 Å². The van der Waals surface area contributed by atoms with Gasteiger partial charge in [-0.2, -0.15) is 0 Å². The van der Waals surface area contributed by atoms with Crippen molar-refractivity contribution in [1.29, 1.82) is 0 Å². The van der Waals surface area contributed by atoms with Crippen LogP contribution in [0.1, 0.15) is 27.7 Å². The molecule has 0 spiro atoms. The number of thioether (sulfide) groups is 3. The van der Waals surface area contributed by atoms with Gasteiger partial charge in [-0.1, -0.05) is 24.0 Å². The third kappa shape index (κ3) is 4.33. The predicted molar refractivity (Wildman–Crippen MR) is 88.4 cm³/mol. The zero-order valence-corrected chi connectivity index (χ0v) is 14.2. The third-order valence-corrected chi connectivity index (χ3v) is 7.45. The minimum atomic E-state index is 0.554. The van der Waals surface area contributed by atoms with E-state index in [0.29, 0.717) is 3.91 Å². The molecule has 0 unspecified atom stereocenters. The van der Waals surface area contributed by atoms with Crippen LogP contribution in [-0.2, 0) is 0 Å². The second-order valence-corrected chi connectivity index (χ2v) is 8.60. The highest BCUT2D eigenvalue weighted by Gasteiger charge is 2.36. The van der Waals surface area contributed by atoms with Gasteiger partial charge in [-0.15, -0.1) is 0 Å². The average molecular weight is 310 g/mol. The first-order chi connectivity index (χ1) is 8.15. The maximum Gasteiger partial charge on any atom is 0.273 e. The zero-order chi connectivity index (χ0) is 12.8. The van der Waals surface area contributed by atoms with Crippen molar-refractivity contribution in [3.63, 3.8) is 0 Å². The highest BCUT2D eigenvalue weighted by Crippen LogP contribution is 2.49. The third-order valence-electron chi connectivity index (χ3n) is 2.63. The van der Waals surface area contributed by atoms with Crippen molar-refractivity contribution in [2.45, 2.75) is 31.6 Å². The van der Waals surface area contributed by atoms with Gasteiger partial charge in [0.05, 0.1) is 0 Å². The number of nitrogens with zero attached hydrogens (tertiary/aromatic N) is 2. The van der Waals surface area contributed by atoms with Crippen LogP contribution in [0.5, 0.6) is 0 Å². The second kappa shape index (κ2) is 7.92. The zero-order valence-electron chi connectivity index (χ0n) is 10.9. The highest BCUT2D eigenvalue weighted by atomic mass is 32.3. The fourth-order valence-electron chi connectivity index (χ4n) is 1.49. The van der Waals surface area contributed by atoms with Gasteiger partial charge in [-0.25, -0.2) is 4.58 Å². The van der Waals surface area contributed by atoms with Crippen LogP contribution in [0.2, 0.25) is 0 Å². The lowest BCUT2D eigenvalue weighted by molar-refractivity contribution is -0.515. The van der Waals surface area contributed by atoms with E-state index in [2.05, 4.69) is 37.2 Å². The summed E-state index contributed by atoms with van der Waals surface area (Å²) >= 11 is 11.2. The predicted octanol–water partition coefficient (Wildman–Crippen LogP) is 3.52. The normalized spacial score (nSPS) is 18.8. The quantitative estimate of drug-likeness (QED) is 0.564. The molecule has 1 aliphatic heterocycles. The molecule has 1 heterocycles. The summed E-state index contributed by atoms with van der Waals surface area (Å²) in [6.45, 7) is 13.0. The Morgan fingerprint density at radius 3 is 2.18 bits per heavy atom. The second-order valence-electron chi connectivity index (χ2n) is 3.52. The van der Waals surface area contributed by atoms with Gasteiger partial charge >= 0.3 is 0 Å². The Hall–Kier alpha value is 0.610. The van der Waals surface area contributed by atoms with E-state index in [1.54, 1.807) is 0 Å². The average Bonchev–Trinajstić information content (AvgIpc) is 2.28. The van der Waals surface area contributed by atoms with Gasteiger partial charge in [-0.3, -0.25) is 0 Å². The Bertz CT molecular complexity index is 286. The summed E-state index contributed by atoms with van der Waals surface area (Å²) in [6, 6.07) is 0. The highest BCUT2D eigenvalue weighted by molar-refractivity contribution is 8.61. The molecule has 0 aromatic heterocycles. The number of thiocarbonyl (C=S) groups is 1. The van der Waals surface area contributed by atoms with Crippen molar-refractivity contribution in [1.82, 2.24) is 4.90 Å². The molecule has 0 bridgehead atoms. The molecule has 0 saturated carbocycles. The van der Waals surface area contributed by atoms with Gasteiger partial charge in [0.25, 0.3) is 4.38 Å². The summed E-state index contributed by atoms with van der Waals surface area (Å²) in [7, 11) is 0. The van der Waals surface area contributed by atoms with Crippen LogP contribution in [0.15, 0.2) is 0 Å². The molecule has 0 amide bonds. The molecule has 2 nitrogen and oxygen atoms in total. The van der Waals surface area contributed by atoms with Gasteiger partial charge < -0.3 is 4.90 Å². The van der Waals surface area contributed by atoms with Gasteiger partial charge in [0, 0.05) is 13.1 Å². The Balaban J connectivity index is 2.39. The first-order valence-corrected chi connectivity index (χ1v) is 9.11. The van der Waals surface area contributed by atoms with Crippen LogP contribution in [-0.4, -0.2) is 48.3 Å². The molecule has 0 aliphatic carbocycles. The molecule has 98 valence electrons. The van der Waals surface area contributed by atoms with Crippen molar-refractivity contribution >= 4 is 56.2 Å². The maximum atomic E-state index is 5.45. The summed E-state index contributed by atoms with van der Waals surface area (Å²) in [4.78, 5) is 2.25. The van der Waals surface area contributed by atoms with Crippen LogP contribution < -0.4 is 0 Å². The van der Waals surface area contributed by atoms with E-state index in [-0.39, 0.29) is 0 Å². The molecule has 1 saturated heterocycles. The molecule has 6 heteroatoms. The first kappa shape index (κ1) is 15.7. The van der Waals surface area contributed by atoms with E-state index in [4.69, 9.17) is 12.2 Å². The Kier molecular flexibility index (Phi) is 7.30. The molecular weight excluding hydrogens is 288 g/mol. The van der Waals surface area contributed by atoms with Crippen LogP contribution in [0.25, 0.3) is 0 Å². The summed E-state index contributed by atoms with van der Waals surface area (Å²) in [5.41, 5.74) is 0. The lowest BCUT2D eigenvalue weighted by Crippen LogP contribution is -2.30. The van der Waals surface area contributed by atoms with Crippen LogP contribution >= 0.6 is 47.5 Å². The van der Waals surface area contributed by atoms with E-state index in [9.17, 15) is 0 Å². The van der Waals surface area contributed by atoms with Crippen molar-refractivity contribution in [2.24, 2.45) is 0 Å². The lowest BCUT2D eigenvalue weighted by atomic mass is 10.6. The van der Waals surface area contributed by atoms with E-state index in [1.807, 2.05) is 35.3 Å². The number of hydrogen-bond acceptors (Lipinski definition) is 4. The van der Waals surface area contributed by atoms with E-state index in [0.717, 1.165) is 30.5 Å². The Morgan fingerprint density at radius 1 is 1.24 bits per heavy atom. The summed E-state index contributed by atoms with van der Waals surface area (Å²) in [5.74, 6) is 0. The van der Waals surface area contributed by atoms with Crippen molar-refractivity contribution in [3.05, 3.63) is 0 Å². The number of hydrogen-bond donors (Lipinski definition) is 0. The Labute approximate surface area is 123 Å². The summed E-state index contributed by atoms with van der Waals surface area (Å²) < 4.78 is 5.46. The fraction of sp³-hybridized carbons (Fsp3) is 0.818. The SMILES string of the molecule is CCN(CC)C(=S)SC1SC(=[N+](CC)CC)S1. The van der Waals surface area contributed by atoms with Crippen LogP contribution in [0.3, 0.4) is 0 Å². The molecule has 1 fully saturated rings. The largest absolute Gasteiger partial charge is 0.358 e. The molecule has 0 aromatic rings. The van der Waals surface area contributed by atoms with Gasteiger partial charge in [0.1, 0.15) is 21.3 Å². The molecule has 17 heavy (non-hydrogen) atoms. The standard InChI is InChI=1S/C11H21N2S4/c1-5-12(6-2)9(14)15-11-16-10(17-11)13(7-3)8-4/h11H,5-8H2,1-4H3/q+1. The smallest absolute Gasteiger partial charge is 0.273 e. The molecular formula is C11H21N2S4+. The van der Waals surface area contributed by atoms with E-state index < -0.39 is 0 Å². The molecule has 1 aliphatic rings. The van der Waals surface area contributed by atoms with Gasteiger partial charge in [0.2, 0.25) is 0 Å². The molecule has 1 rings (SSSR count). The van der Waals surface area contributed by atoms with Gasteiger partial charge in [0.15, 0.2) is 0 Å².